The Kier molecular flexibility index (Phi) is 3.04. The monoisotopic (exact) mass is 274 g/mol. The minimum Gasteiger partial charge on any atom is -0.361 e. The van der Waals surface area contributed by atoms with E-state index in [9.17, 15) is 0 Å². The average Bonchev–Trinajstić information content (AvgIpc) is 2.77. The Balaban J connectivity index is 1.78. The van der Waals surface area contributed by atoms with Crippen LogP contribution >= 0.6 is 27.3 Å². The van der Waals surface area contributed by atoms with Crippen molar-refractivity contribution in [3.63, 3.8) is 0 Å². The predicted octanol–water partition coefficient (Wildman–Crippen LogP) is 1.07. The van der Waals surface area contributed by atoms with Crippen LogP contribution < -0.4 is 5.32 Å². The van der Waals surface area contributed by atoms with Crippen molar-refractivity contribution in [3.8, 4) is 0 Å². The van der Waals surface area contributed by atoms with Gasteiger partial charge in [0.1, 0.15) is 4.60 Å². The number of H-pyrrole nitrogens is 1. The molecule has 0 saturated heterocycles. The number of thiazole rings is 1. The molecule has 2 N–H and O–H groups in total. The van der Waals surface area contributed by atoms with E-state index in [-0.39, 0.29) is 0 Å². The molecule has 0 saturated carbocycles. The standard InChI is InChI=1S/C6H7BrN6S/c7-4-3-14-6(9-4)8-2-1-5-10-12-13-11-5/h3H,1-2H2,(H,8,9)(H,10,11,12,13). The Morgan fingerprint density at radius 1 is 1.57 bits per heavy atom. The lowest BCUT2D eigenvalue weighted by atomic mass is 10.4. The van der Waals surface area contributed by atoms with E-state index < -0.39 is 0 Å². The highest BCUT2D eigenvalue weighted by molar-refractivity contribution is 9.10. The Bertz CT molecular complexity index is 385. The van der Waals surface area contributed by atoms with Crippen LogP contribution in [-0.4, -0.2) is 32.2 Å². The van der Waals surface area contributed by atoms with Crippen LogP contribution in [-0.2, 0) is 6.42 Å². The Hall–Kier alpha value is -1.02. The molecule has 2 rings (SSSR count). The first-order valence-corrected chi connectivity index (χ1v) is 5.59. The van der Waals surface area contributed by atoms with Crippen LogP contribution in [0.1, 0.15) is 5.82 Å². The fourth-order valence-corrected chi connectivity index (χ4v) is 2.08. The van der Waals surface area contributed by atoms with Crippen LogP contribution in [0.4, 0.5) is 5.13 Å². The summed E-state index contributed by atoms with van der Waals surface area (Å²) in [5, 5.41) is 19.5. The maximum atomic E-state index is 4.19. The molecule has 8 heteroatoms. The molecule has 2 aromatic rings. The van der Waals surface area contributed by atoms with Crippen LogP contribution in [0.2, 0.25) is 0 Å². The molecular weight excluding hydrogens is 268 g/mol. The molecular formula is C6H7BrN6S. The molecule has 0 aromatic carbocycles. The molecule has 0 atom stereocenters. The van der Waals surface area contributed by atoms with Gasteiger partial charge in [0.05, 0.1) is 0 Å². The van der Waals surface area contributed by atoms with Crippen molar-refractivity contribution >= 4 is 32.4 Å². The third kappa shape index (κ3) is 2.48. The molecule has 0 unspecified atom stereocenters. The number of rotatable bonds is 4. The molecule has 74 valence electrons. The summed E-state index contributed by atoms with van der Waals surface area (Å²) in [7, 11) is 0. The zero-order chi connectivity index (χ0) is 9.80. The summed E-state index contributed by atoms with van der Waals surface area (Å²) in [6.45, 7) is 0.749. The molecule has 6 nitrogen and oxygen atoms in total. The number of tetrazole rings is 1. The van der Waals surface area contributed by atoms with E-state index in [0.717, 1.165) is 22.7 Å². The lowest BCUT2D eigenvalue weighted by Gasteiger charge is -1.97. The van der Waals surface area contributed by atoms with Crippen molar-refractivity contribution < 1.29 is 0 Å². The van der Waals surface area contributed by atoms with Crippen LogP contribution in [0.5, 0.6) is 0 Å². The third-order valence-electron chi connectivity index (χ3n) is 1.49. The quantitative estimate of drug-likeness (QED) is 0.872. The second-order valence-corrected chi connectivity index (χ2v) is 4.15. The van der Waals surface area contributed by atoms with Gasteiger partial charge in [0.2, 0.25) is 0 Å². The second kappa shape index (κ2) is 4.47. The second-order valence-electron chi connectivity index (χ2n) is 2.48. The maximum absolute atomic E-state index is 4.19. The van der Waals surface area contributed by atoms with Crippen molar-refractivity contribution in [2.75, 3.05) is 11.9 Å². The minimum absolute atomic E-state index is 0.702. The molecule has 0 aliphatic carbocycles. The summed E-state index contributed by atoms with van der Waals surface area (Å²) in [5.74, 6) is 0.702. The van der Waals surface area contributed by atoms with Gasteiger partial charge in [0, 0.05) is 18.3 Å². The molecule has 2 heterocycles. The van der Waals surface area contributed by atoms with E-state index in [1.54, 1.807) is 11.3 Å². The first-order valence-electron chi connectivity index (χ1n) is 3.92. The first-order chi connectivity index (χ1) is 6.84. The third-order valence-corrected chi connectivity index (χ3v) is 3.00. The maximum Gasteiger partial charge on any atom is 0.183 e. The molecule has 0 bridgehead atoms. The summed E-state index contributed by atoms with van der Waals surface area (Å²) in [6.07, 6.45) is 0.730. The van der Waals surface area contributed by atoms with Gasteiger partial charge in [-0.25, -0.2) is 4.98 Å². The molecule has 0 amide bonds. The van der Waals surface area contributed by atoms with Gasteiger partial charge >= 0.3 is 0 Å². The zero-order valence-electron chi connectivity index (χ0n) is 7.07. The number of nitrogens with one attached hydrogen (secondary N) is 2. The van der Waals surface area contributed by atoms with E-state index in [2.05, 4.69) is 46.9 Å². The smallest absolute Gasteiger partial charge is 0.183 e. The number of halogens is 1. The largest absolute Gasteiger partial charge is 0.361 e. The highest BCUT2D eigenvalue weighted by Gasteiger charge is 2.00. The first kappa shape index (κ1) is 9.53. The lowest BCUT2D eigenvalue weighted by Crippen LogP contribution is -2.05. The van der Waals surface area contributed by atoms with Crippen LogP contribution in [0.15, 0.2) is 9.98 Å². The van der Waals surface area contributed by atoms with Crippen LogP contribution in [0.25, 0.3) is 0 Å². The molecule has 0 aliphatic rings. The number of nitrogens with zero attached hydrogens (tertiary/aromatic N) is 4. The number of anilines is 1. The van der Waals surface area contributed by atoms with Crippen molar-refractivity contribution in [2.24, 2.45) is 0 Å². The van der Waals surface area contributed by atoms with E-state index >= 15 is 0 Å². The van der Waals surface area contributed by atoms with Crippen molar-refractivity contribution in [1.82, 2.24) is 25.6 Å². The van der Waals surface area contributed by atoms with E-state index in [4.69, 9.17) is 0 Å². The van der Waals surface area contributed by atoms with Gasteiger partial charge in [-0.3, -0.25) is 0 Å². The highest BCUT2D eigenvalue weighted by Crippen LogP contribution is 2.18. The molecule has 0 radical (unpaired) electrons. The van der Waals surface area contributed by atoms with Gasteiger partial charge in [-0.15, -0.1) is 21.5 Å². The van der Waals surface area contributed by atoms with Gasteiger partial charge in [-0.2, -0.15) is 5.21 Å². The zero-order valence-corrected chi connectivity index (χ0v) is 9.47. The summed E-state index contributed by atoms with van der Waals surface area (Å²) >= 11 is 4.84. The Morgan fingerprint density at radius 3 is 3.14 bits per heavy atom. The summed E-state index contributed by atoms with van der Waals surface area (Å²) < 4.78 is 0.851. The number of aromatic nitrogens is 5. The molecule has 0 spiro atoms. The average molecular weight is 275 g/mol. The summed E-state index contributed by atoms with van der Waals surface area (Å²) in [5.41, 5.74) is 0. The van der Waals surface area contributed by atoms with Crippen LogP contribution in [0.3, 0.4) is 0 Å². The SMILES string of the molecule is Brc1csc(NCCc2nn[nH]n2)n1. The van der Waals surface area contributed by atoms with Gasteiger partial charge in [0.25, 0.3) is 0 Å². The summed E-state index contributed by atoms with van der Waals surface area (Å²) in [4.78, 5) is 4.19. The number of aromatic amines is 1. The fourth-order valence-electron chi connectivity index (χ4n) is 0.905. The van der Waals surface area contributed by atoms with Gasteiger partial charge in [-0.1, -0.05) is 5.21 Å². The molecule has 14 heavy (non-hydrogen) atoms. The van der Waals surface area contributed by atoms with Crippen molar-refractivity contribution in [1.29, 1.82) is 0 Å². The van der Waals surface area contributed by atoms with Gasteiger partial charge in [0.15, 0.2) is 11.0 Å². The summed E-state index contributed by atoms with van der Waals surface area (Å²) in [6, 6.07) is 0. The Labute approximate surface area is 92.3 Å². The van der Waals surface area contributed by atoms with E-state index in [1.807, 2.05) is 5.38 Å². The van der Waals surface area contributed by atoms with E-state index in [0.29, 0.717) is 5.82 Å². The normalized spacial score (nSPS) is 10.4. The van der Waals surface area contributed by atoms with Gasteiger partial charge < -0.3 is 5.32 Å². The topological polar surface area (TPSA) is 79.4 Å². The fraction of sp³-hybridized carbons (Fsp3) is 0.333. The molecule has 0 aliphatic heterocycles. The van der Waals surface area contributed by atoms with Gasteiger partial charge in [-0.05, 0) is 15.9 Å². The van der Waals surface area contributed by atoms with Crippen molar-refractivity contribution in [2.45, 2.75) is 6.42 Å². The van der Waals surface area contributed by atoms with E-state index in [1.165, 1.54) is 0 Å². The highest BCUT2D eigenvalue weighted by atomic mass is 79.9. The van der Waals surface area contributed by atoms with Crippen LogP contribution in [0, 0.1) is 0 Å². The predicted molar refractivity (Wildman–Crippen MR) is 56.2 cm³/mol. The molecule has 0 fully saturated rings. The number of hydrogen-bond donors (Lipinski definition) is 2. The molecule has 2 aromatic heterocycles. The Morgan fingerprint density at radius 2 is 2.50 bits per heavy atom. The lowest BCUT2D eigenvalue weighted by molar-refractivity contribution is 0.881. The number of hydrogen-bond acceptors (Lipinski definition) is 6. The minimum atomic E-state index is 0.702. The van der Waals surface area contributed by atoms with Crippen molar-refractivity contribution in [3.05, 3.63) is 15.8 Å².